The monoisotopic (exact) mass is 277 g/mol. The van der Waals surface area contributed by atoms with Gasteiger partial charge in [0.2, 0.25) is 0 Å². The lowest BCUT2D eigenvalue weighted by Crippen LogP contribution is -2.43. The molecule has 3 rings (SSSR count). The standard InChI is InChI=1S/C14H19N3OS/c1-17(11-4-2-3-5-12(11)18)14-16-10-7-6-9(15)8-13(10)19-14/h6-8,11-12,18H,2-5,15H2,1H3. The molecule has 1 fully saturated rings. The fraction of sp³-hybridized carbons (Fsp3) is 0.500. The fourth-order valence-corrected chi connectivity index (χ4v) is 3.80. The van der Waals surface area contributed by atoms with Crippen LogP contribution in [-0.4, -0.2) is 29.3 Å². The third kappa shape index (κ3) is 2.40. The third-order valence-corrected chi connectivity index (χ3v) is 5.00. The number of aliphatic hydroxyl groups excluding tert-OH is 1. The zero-order chi connectivity index (χ0) is 13.4. The number of fused-ring (bicyclic) bond motifs is 1. The van der Waals surface area contributed by atoms with Crippen LogP contribution in [0.3, 0.4) is 0 Å². The lowest BCUT2D eigenvalue weighted by atomic mass is 9.92. The quantitative estimate of drug-likeness (QED) is 0.828. The topological polar surface area (TPSA) is 62.4 Å². The minimum atomic E-state index is -0.240. The van der Waals surface area contributed by atoms with E-state index in [9.17, 15) is 5.11 Å². The molecular formula is C14H19N3OS. The van der Waals surface area contributed by atoms with E-state index in [4.69, 9.17) is 5.73 Å². The molecule has 1 aromatic heterocycles. The summed E-state index contributed by atoms with van der Waals surface area (Å²) in [5.41, 5.74) is 7.54. The molecule has 0 aliphatic heterocycles. The number of hydrogen-bond donors (Lipinski definition) is 2. The summed E-state index contributed by atoms with van der Waals surface area (Å²) in [7, 11) is 2.03. The van der Waals surface area contributed by atoms with Crippen LogP contribution in [0.2, 0.25) is 0 Å². The van der Waals surface area contributed by atoms with E-state index in [1.807, 2.05) is 25.2 Å². The molecule has 2 unspecified atom stereocenters. The average molecular weight is 277 g/mol. The maximum absolute atomic E-state index is 10.1. The number of thiazole rings is 1. The Balaban J connectivity index is 1.90. The Kier molecular flexibility index (Phi) is 3.33. The van der Waals surface area contributed by atoms with Gasteiger partial charge in [0.1, 0.15) is 0 Å². The molecule has 0 radical (unpaired) electrons. The van der Waals surface area contributed by atoms with Gasteiger partial charge in [-0.15, -0.1) is 0 Å². The van der Waals surface area contributed by atoms with E-state index in [0.29, 0.717) is 0 Å². The molecule has 5 heteroatoms. The van der Waals surface area contributed by atoms with Gasteiger partial charge in [-0.05, 0) is 31.0 Å². The molecule has 1 aliphatic carbocycles. The lowest BCUT2D eigenvalue weighted by Gasteiger charge is -2.34. The molecular weight excluding hydrogens is 258 g/mol. The van der Waals surface area contributed by atoms with E-state index in [1.165, 1.54) is 6.42 Å². The van der Waals surface area contributed by atoms with Crippen LogP contribution in [-0.2, 0) is 0 Å². The Labute approximate surface area is 116 Å². The Bertz CT molecular complexity index is 583. The summed E-state index contributed by atoms with van der Waals surface area (Å²) < 4.78 is 1.10. The highest BCUT2D eigenvalue weighted by Crippen LogP contribution is 2.33. The van der Waals surface area contributed by atoms with Gasteiger partial charge in [0, 0.05) is 12.7 Å². The summed E-state index contributed by atoms with van der Waals surface area (Å²) >= 11 is 1.64. The largest absolute Gasteiger partial charge is 0.399 e. The first kappa shape index (κ1) is 12.7. The zero-order valence-electron chi connectivity index (χ0n) is 11.0. The SMILES string of the molecule is CN(c1nc2ccc(N)cc2s1)C1CCCCC1O. The van der Waals surface area contributed by atoms with Crippen molar-refractivity contribution in [1.82, 2.24) is 4.98 Å². The first-order valence-electron chi connectivity index (χ1n) is 6.72. The van der Waals surface area contributed by atoms with E-state index < -0.39 is 0 Å². The molecule has 3 N–H and O–H groups in total. The first-order chi connectivity index (χ1) is 9.15. The van der Waals surface area contributed by atoms with Crippen molar-refractivity contribution in [3.05, 3.63) is 18.2 Å². The number of benzene rings is 1. The molecule has 2 aromatic rings. The molecule has 1 aromatic carbocycles. The predicted octanol–water partition coefficient (Wildman–Crippen LogP) is 2.62. The number of rotatable bonds is 2. The van der Waals surface area contributed by atoms with E-state index in [-0.39, 0.29) is 12.1 Å². The highest BCUT2D eigenvalue weighted by molar-refractivity contribution is 7.22. The lowest BCUT2D eigenvalue weighted by molar-refractivity contribution is 0.106. The number of anilines is 2. The Morgan fingerprint density at radius 3 is 2.95 bits per heavy atom. The Morgan fingerprint density at radius 2 is 2.16 bits per heavy atom. The van der Waals surface area contributed by atoms with Gasteiger partial charge in [0.25, 0.3) is 0 Å². The van der Waals surface area contributed by atoms with Crippen LogP contribution in [0.5, 0.6) is 0 Å². The number of nitrogens with two attached hydrogens (primary N) is 1. The van der Waals surface area contributed by atoms with E-state index in [0.717, 1.165) is 40.3 Å². The maximum Gasteiger partial charge on any atom is 0.186 e. The second kappa shape index (κ2) is 4.98. The molecule has 102 valence electrons. The molecule has 1 saturated carbocycles. The van der Waals surface area contributed by atoms with Gasteiger partial charge in [-0.2, -0.15) is 0 Å². The summed E-state index contributed by atoms with van der Waals surface area (Å²) in [5, 5.41) is 11.1. The molecule has 0 saturated heterocycles. The van der Waals surface area contributed by atoms with Gasteiger partial charge in [-0.25, -0.2) is 4.98 Å². The smallest absolute Gasteiger partial charge is 0.186 e. The number of nitrogens with zero attached hydrogens (tertiary/aromatic N) is 2. The predicted molar refractivity (Wildman–Crippen MR) is 80.7 cm³/mol. The number of aromatic nitrogens is 1. The summed E-state index contributed by atoms with van der Waals surface area (Å²) in [6.07, 6.45) is 4.00. The van der Waals surface area contributed by atoms with Gasteiger partial charge in [-0.1, -0.05) is 24.2 Å². The normalized spacial score (nSPS) is 23.7. The van der Waals surface area contributed by atoms with Gasteiger partial charge in [-0.3, -0.25) is 0 Å². The van der Waals surface area contributed by atoms with Crippen LogP contribution < -0.4 is 10.6 Å². The summed E-state index contributed by atoms with van der Waals surface area (Å²) in [4.78, 5) is 6.77. The molecule has 4 nitrogen and oxygen atoms in total. The minimum Gasteiger partial charge on any atom is -0.399 e. The number of nitrogen functional groups attached to an aromatic ring is 1. The molecule has 0 bridgehead atoms. The molecule has 1 aliphatic rings. The Hall–Kier alpha value is -1.33. The van der Waals surface area contributed by atoms with Crippen LogP contribution in [0.4, 0.5) is 10.8 Å². The second-order valence-electron chi connectivity index (χ2n) is 5.25. The summed E-state index contributed by atoms with van der Waals surface area (Å²) in [5.74, 6) is 0. The van der Waals surface area contributed by atoms with Crippen molar-refractivity contribution in [3.63, 3.8) is 0 Å². The number of hydrogen-bond acceptors (Lipinski definition) is 5. The first-order valence-corrected chi connectivity index (χ1v) is 7.54. The summed E-state index contributed by atoms with van der Waals surface area (Å²) in [6.45, 7) is 0. The third-order valence-electron chi connectivity index (χ3n) is 3.89. The van der Waals surface area contributed by atoms with Gasteiger partial charge < -0.3 is 15.7 Å². The van der Waals surface area contributed by atoms with E-state index in [2.05, 4.69) is 9.88 Å². The fourth-order valence-electron chi connectivity index (χ4n) is 2.77. The van der Waals surface area contributed by atoms with Crippen LogP contribution in [0.25, 0.3) is 10.2 Å². The van der Waals surface area contributed by atoms with Crippen LogP contribution in [0, 0.1) is 0 Å². The van der Waals surface area contributed by atoms with Crippen molar-refractivity contribution < 1.29 is 5.11 Å². The van der Waals surface area contributed by atoms with Crippen molar-refractivity contribution in [2.24, 2.45) is 0 Å². The highest BCUT2D eigenvalue weighted by Gasteiger charge is 2.28. The second-order valence-corrected chi connectivity index (χ2v) is 6.26. The van der Waals surface area contributed by atoms with Crippen molar-refractivity contribution in [2.45, 2.75) is 37.8 Å². The molecule has 2 atom stereocenters. The minimum absolute atomic E-state index is 0.187. The van der Waals surface area contributed by atoms with Gasteiger partial charge in [0.05, 0.1) is 22.4 Å². The van der Waals surface area contributed by atoms with Crippen molar-refractivity contribution >= 4 is 32.4 Å². The van der Waals surface area contributed by atoms with Crippen LogP contribution >= 0.6 is 11.3 Å². The average Bonchev–Trinajstić information content (AvgIpc) is 2.81. The Morgan fingerprint density at radius 1 is 1.37 bits per heavy atom. The highest BCUT2D eigenvalue weighted by atomic mass is 32.1. The van der Waals surface area contributed by atoms with E-state index in [1.54, 1.807) is 11.3 Å². The van der Waals surface area contributed by atoms with Crippen LogP contribution in [0.1, 0.15) is 25.7 Å². The van der Waals surface area contributed by atoms with Crippen molar-refractivity contribution in [2.75, 3.05) is 17.7 Å². The van der Waals surface area contributed by atoms with E-state index >= 15 is 0 Å². The maximum atomic E-state index is 10.1. The van der Waals surface area contributed by atoms with Crippen molar-refractivity contribution in [1.29, 1.82) is 0 Å². The van der Waals surface area contributed by atoms with Gasteiger partial charge in [0.15, 0.2) is 5.13 Å². The van der Waals surface area contributed by atoms with Crippen molar-refractivity contribution in [3.8, 4) is 0 Å². The molecule has 19 heavy (non-hydrogen) atoms. The number of aliphatic hydroxyl groups is 1. The van der Waals surface area contributed by atoms with Gasteiger partial charge >= 0.3 is 0 Å². The number of likely N-dealkylation sites (N-methyl/N-ethyl adjacent to an activating group) is 1. The zero-order valence-corrected chi connectivity index (χ0v) is 11.9. The molecule has 1 heterocycles. The molecule has 0 amide bonds. The van der Waals surface area contributed by atoms with Crippen LogP contribution in [0.15, 0.2) is 18.2 Å². The summed E-state index contributed by atoms with van der Waals surface area (Å²) in [6, 6.07) is 5.98. The molecule has 0 spiro atoms.